The van der Waals surface area contributed by atoms with Crippen LogP contribution in [0, 0.1) is 23.7 Å². The minimum absolute atomic E-state index is 0.578. The summed E-state index contributed by atoms with van der Waals surface area (Å²) in [6.45, 7) is 0.727. The number of nitrogens with two attached hydrogens (primary N) is 2. The molecule has 1 aromatic rings. The van der Waals surface area contributed by atoms with Crippen LogP contribution in [0.25, 0.3) is 0 Å². The van der Waals surface area contributed by atoms with Crippen LogP contribution in [-0.2, 0) is 6.42 Å². The van der Waals surface area contributed by atoms with Crippen molar-refractivity contribution in [1.82, 2.24) is 9.78 Å². The van der Waals surface area contributed by atoms with Crippen LogP contribution in [0.5, 0.6) is 0 Å². The SMILES string of the molecule is NCCCc1cc(N)n(C2C3CC4CC(C3)CC2C4)n1. The summed E-state index contributed by atoms with van der Waals surface area (Å²) in [5.74, 6) is 4.53. The van der Waals surface area contributed by atoms with Gasteiger partial charge in [0.25, 0.3) is 0 Å². The van der Waals surface area contributed by atoms with E-state index in [1.165, 1.54) is 32.1 Å². The second-order valence-electron chi connectivity index (χ2n) is 7.32. The molecule has 1 aromatic heterocycles. The van der Waals surface area contributed by atoms with Gasteiger partial charge in [-0.15, -0.1) is 0 Å². The Bertz CT molecular complexity index is 465. The topological polar surface area (TPSA) is 69.9 Å². The minimum atomic E-state index is 0.578. The van der Waals surface area contributed by atoms with Crippen molar-refractivity contribution in [2.24, 2.45) is 29.4 Å². The lowest BCUT2D eigenvalue weighted by Gasteiger charge is -2.54. The lowest BCUT2D eigenvalue weighted by atomic mass is 9.54. The standard InChI is InChI=1S/C16H26N4/c17-3-1-2-14-9-15(18)20(19-14)16-12-5-10-4-11(7-12)8-13(16)6-10/h9-13,16H,1-8,17-18H2. The molecule has 0 saturated heterocycles. The Balaban J connectivity index is 1.59. The van der Waals surface area contributed by atoms with Crippen molar-refractivity contribution in [2.75, 3.05) is 12.3 Å². The summed E-state index contributed by atoms with van der Waals surface area (Å²) in [6.07, 6.45) is 9.10. The van der Waals surface area contributed by atoms with E-state index in [1.807, 2.05) is 0 Å². The van der Waals surface area contributed by atoms with E-state index in [1.54, 1.807) is 0 Å². The number of aromatic nitrogens is 2. The van der Waals surface area contributed by atoms with Gasteiger partial charge in [0.15, 0.2) is 0 Å². The first-order valence-corrected chi connectivity index (χ1v) is 8.28. The maximum atomic E-state index is 6.26. The fourth-order valence-electron chi connectivity index (χ4n) is 5.40. The van der Waals surface area contributed by atoms with Crippen LogP contribution in [0.2, 0.25) is 0 Å². The molecule has 0 aliphatic heterocycles. The summed E-state index contributed by atoms with van der Waals surface area (Å²) < 4.78 is 2.18. The second kappa shape index (κ2) is 4.76. The highest BCUT2D eigenvalue weighted by Gasteiger charge is 2.49. The van der Waals surface area contributed by atoms with Gasteiger partial charge in [0.05, 0.1) is 11.7 Å². The van der Waals surface area contributed by atoms with Gasteiger partial charge in [-0.1, -0.05) is 0 Å². The van der Waals surface area contributed by atoms with E-state index in [2.05, 4.69) is 10.7 Å². The molecule has 4 aliphatic carbocycles. The van der Waals surface area contributed by atoms with Crippen LogP contribution in [0.4, 0.5) is 5.82 Å². The monoisotopic (exact) mass is 274 g/mol. The minimum Gasteiger partial charge on any atom is -0.384 e. The zero-order valence-electron chi connectivity index (χ0n) is 12.2. The number of nitrogen functional groups attached to an aromatic ring is 1. The molecule has 0 atom stereocenters. The van der Waals surface area contributed by atoms with Crippen LogP contribution in [-0.4, -0.2) is 16.3 Å². The highest BCUT2D eigenvalue weighted by molar-refractivity contribution is 5.32. The van der Waals surface area contributed by atoms with E-state index in [-0.39, 0.29) is 0 Å². The summed E-state index contributed by atoms with van der Waals surface area (Å²) in [4.78, 5) is 0. The summed E-state index contributed by atoms with van der Waals surface area (Å²) in [7, 11) is 0. The average molecular weight is 274 g/mol. The first kappa shape index (κ1) is 12.7. The third-order valence-corrected chi connectivity index (χ3v) is 5.91. The molecule has 0 amide bonds. The summed E-state index contributed by atoms with van der Waals surface area (Å²) in [5.41, 5.74) is 13.0. The van der Waals surface area contributed by atoms with Crippen molar-refractivity contribution in [1.29, 1.82) is 0 Å². The van der Waals surface area contributed by atoms with Crippen LogP contribution in [0.15, 0.2) is 6.07 Å². The number of hydrogen-bond donors (Lipinski definition) is 2. The lowest BCUT2D eigenvalue weighted by Crippen LogP contribution is -2.46. The molecule has 1 heterocycles. The Hall–Kier alpha value is -1.03. The van der Waals surface area contributed by atoms with Crippen molar-refractivity contribution in [3.05, 3.63) is 11.8 Å². The molecule has 4 saturated carbocycles. The quantitative estimate of drug-likeness (QED) is 0.885. The summed E-state index contributed by atoms with van der Waals surface area (Å²) in [5, 5.41) is 4.83. The van der Waals surface area contributed by atoms with Gasteiger partial charge in [-0.2, -0.15) is 5.10 Å². The van der Waals surface area contributed by atoms with E-state index in [0.717, 1.165) is 54.6 Å². The molecule has 4 fully saturated rings. The van der Waals surface area contributed by atoms with E-state index < -0.39 is 0 Å². The Morgan fingerprint density at radius 1 is 1.10 bits per heavy atom. The van der Waals surface area contributed by atoms with Gasteiger partial charge in [0.1, 0.15) is 5.82 Å². The van der Waals surface area contributed by atoms with E-state index in [4.69, 9.17) is 16.6 Å². The zero-order chi connectivity index (χ0) is 13.7. The first-order chi connectivity index (χ1) is 9.74. The summed E-state index contributed by atoms with van der Waals surface area (Å²) >= 11 is 0. The van der Waals surface area contributed by atoms with Crippen molar-refractivity contribution in [3.63, 3.8) is 0 Å². The van der Waals surface area contributed by atoms with Crippen LogP contribution >= 0.6 is 0 Å². The maximum absolute atomic E-state index is 6.26. The number of hydrogen-bond acceptors (Lipinski definition) is 3. The van der Waals surface area contributed by atoms with Gasteiger partial charge < -0.3 is 11.5 Å². The zero-order valence-corrected chi connectivity index (χ0v) is 12.2. The third-order valence-electron chi connectivity index (χ3n) is 5.91. The second-order valence-corrected chi connectivity index (χ2v) is 7.32. The highest BCUT2D eigenvalue weighted by Crippen LogP contribution is 2.58. The maximum Gasteiger partial charge on any atom is 0.122 e. The Labute approximate surface area is 120 Å². The fraction of sp³-hybridized carbons (Fsp3) is 0.812. The molecule has 0 spiro atoms. The average Bonchev–Trinajstić information content (AvgIpc) is 2.76. The van der Waals surface area contributed by atoms with Crippen LogP contribution in [0.1, 0.15) is 50.3 Å². The molecule has 4 aliphatic rings. The lowest BCUT2D eigenvalue weighted by molar-refractivity contribution is -0.0328. The van der Waals surface area contributed by atoms with E-state index >= 15 is 0 Å². The Morgan fingerprint density at radius 2 is 1.75 bits per heavy atom. The van der Waals surface area contributed by atoms with Crippen molar-refractivity contribution in [2.45, 2.75) is 51.0 Å². The van der Waals surface area contributed by atoms with Crippen molar-refractivity contribution < 1.29 is 0 Å². The molecule has 4 heteroatoms. The smallest absolute Gasteiger partial charge is 0.122 e. The first-order valence-electron chi connectivity index (χ1n) is 8.28. The molecular formula is C16H26N4. The van der Waals surface area contributed by atoms with Gasteiger partial charge >= 0.3 is 0 Å². The van der Waals surface area contributed by atoms with Crippen LogP contribution < -0.4 is 11.5 Å². The molecule has 4 nitrogen and oxygen atoms in total. The Kier molecular flexibility index (Phi) is 3.02. The summed E-state index contributed by atoms with van der Waals surface area (Å²) in [6, 6.07) is 2.65. The molecule has 0 aromatic carbocycles. The number of rotatable bonds is 4. The van der Waals surface area contributed by atoms with E-state index in [9.17, 15) is 0 Å². The number of nitrogens with zero attached hydrogens (tertiary/aromatic N) is 2. The molecule has 0 unspecified atom stereocenters. The van der Waals surface area contributed by atoms with Crippen LogP contribution in [0.3, 0.4) is 0 Å². The van der Waals surface area contributed by atoms with Gasteiger partial charge in [0.2, 0.25) is 0 Å². The predicted octanol–water partition coefficient (Wildman–Crippen LogP) is 2.35. The van der Waals surface area contributed by atoms with Gasteiger partial charge in [-0.05, 0) is 75.2 Å². The molecule has 4 N–H and O–H groups in total. The predicted molar refractivity (Wildman–Crippen MR) is 80.1 cm³/mol. The van der Waals surface area contributed by atoms with Gasteiger partial charge in [-0.25, -0.2) is 4.68 Å². The number of anilines is 1. The molecule has 0 radical (unpaired) electrons. The third kappa shape index (κ3) is 1.96. The molecular weight excluding hydrogens is 248 g/mol. The van der Waals surface area contributed by atoms with Gasteiger partial charge in [-0.3, -0.25) is 0 Å². The normalized spacial score (nSPS) is 38.5. The van der Waals surface area contributed by atoms with Crippen molar-refractivity contribution >= 4 is 5.82 Å². The molecule has 20 heavy (non-hydrogen) atoms. The largest absolute Gasteiger partial charge is 0.384 e. The molecule has 4 bridgehead atoms. The molecule has 110 valence electrons. The van der Waals surface area contributed by atoms with Crippen molar-refractivity contribution in [3.8, 4) is 0 Å². The highest BCUT2D eigenvalue weighted by atomic mass is 15.3. The Morgan fingerprint density at radius 3 is 2.35 bits per heavy atom. The number of aryl methyl sites for hydroxylation is 1. The van der Waals surface area contributed by atoms with E-state index in [0.29, 0.717) is 6.04 Å². The fourth-order valence-corrected chi connectivity index (χ4v) is 5.40. The van der Waals surface area contributed by atoms with Gasteiger partial charge in [0, 0.05) is 6.07 Å². The molecule has 5 rings (SSSR count).